The standard InChI is InChI=1S/C8H16ClNO2.ClH/c1-7(8(11)12)6-10(2,3)5-4-9;/h7H,4-6H2,1-3H3;1H. The molecule has 0 saturated heterocycles. The summed E-state index contributed by atoms with van der Waals surface area (Å²) in [6.45, 7) is 3.15. The Morgan fingerprint density at radius 3 is 2.31 bits per heavy atom. The Labute approximate surface area is 90.7 Å². The van der Waals surface area contributed by atoms with E-state index in [1.807, 2.05) is 14.1 Å². The maximum absolute atomic E-state index is 10.5. The molecule has 0 rings (SSSR count). The Kier molecular flexibility index (Phi) is 7.69. The predicted octanol–water partition coefficient (Wildman–Crippen LogP) is -1.97. The lowest BCUT2D eigenvalue weighted by molar-refractivity contribution is -0.890. The zero-order valence-electron chi connectivity index (χ0n) is 8.26. The van der Waals surface area contributed by atoms with Crippen LogP contribution < -0.4 is 12.4 Å². The van der Waals surface area contributed by atoms with E-state index < -0.39 is 5.97 Å². The third kappa shape index (κ3) is 7.11. The molecule has 1 atom stereocenters. The van der Waals surface area contributed by atoms with Crippen molar-refractivity contribution in [1.29, 1.82) is 0 Å². The van der Waals surface area contributed by atoms with Gasteiger partial charge in [-0.1, -0.05) is 0 Å². The van der Waals surface area contributed by atoms with E-state index in [4.69, 9.17) is 16.7 Å². The van der Waals surface area contributed by atoms with E-state index in [0.29, 0.717) is 16.9 Å². The van der Waals surface area contributed by atoms with Gasteiger partial charge in [-0.05, 0) is 6.92 Å². The van der Waals surface area contributed by atoms with E-state index >= 15 is 0 Å². The summed E-state index contributed by atoms with van der Waals surface area (Å²) in [4.78, 5) is 10.5. The average molecular weight is 230 g/mol. The second-order valence-corrected chi connectivity index (χ2v) is 4.15. The first-order valence-corrected chi connectivity index (χ1v) is 4.53. The van der Waals surface area contributed by atoms with Gasteiger partial charge in [-0.3, -0.25) is 4.79 Å². The number of hydrogen-bond acceptors (Lipinski definition) is 1. The van der Waals surface area contributed by atoms with Crippen LogP contribution in [0.15, 0.2) is 0 Å². The summed E-state index contributed by atoms with van der Waals surface area (Å²) in [5.41, 5.74) is 0. The Bertz CT molecular complexity index is 162. The van der Waals surface area contributed by atoms with Crippen molar-refractivity contribution in [3.8, 4) is 0 Å². The van der Waals surface area contributed by atoms with Crippen LogP contribution in [0.2, 0.25) is 0 Å². The van der Waals surface area contributed by atoms with Gasteiger partial charge in [0.2, 0.25) is 0 Å². The highest BCUT2D eigenvalue weighted by molar-refractivity contribution is 6.17. The van der Waals surface area contributed by atoms with Crippen molar-refractivity contribution in [3.63, 3.8) is 0 Å². The van der Waals surface area contributed by atoms with Gasteiger partial charge in [-0.15, -0.1) is 11.6 Å². The number of carboxylic acid groups (broad SMARTS) is 1. The van der Waals surface area contributed by atoms with E-state index in [1.54, 1.807) is 6.92 Å². The van der Waals surface area contributed by atoms with Crippen LogP contribution in [0.4, 0.5) is 0 Å². The van der Waals surface area contributed by atoms with Crippen molar-refractivity contribution in [2.24, 2.45) is 5.92 Å². The number of hydrogen-bond donors (Lipinski definition) is 1. The van der Waals surface area contributed by atoms with E-state index in [-0.39, 0.29) is 18.3 Å². The molecule has 5 heteroatoms. The van der Waals surface area contributed by atoms with Gasteiger partial charge in [0.25, 0.3) is 0 Å². The molecule has 0 amide bonds. The van der Waals surface area contributed by atoms with Gasteiger partial charge in [0.15, 0.2) is 0 Å². The zero-order valence-corrected chi connectivity index (χ0v) is 9.77. The van der Waals surface area contributed by atoms with Gasteiger partial charge in [0.05, 0.1) is 33.1 Å². The zero-order chi connectivity index (χ0) is 9.78. The maximum atomic E-state index is 10.5. The highest BCUT2D eigenvalue weighted by Gasteiger charge is 2.22. The first kappa shape index (κ1) is 15.5. The Balaban J connectivity index is 0. The minimum absolute atomic E-state index is 0. The first-order valence-electron chi connectivity index (χ1n) is 4.00. The molecule has 0 aliphatic carbocycles. The molecule has 0 aliphatic heterocycles. The van der Waals surface area contributed by atoms with Crippen LogP contribution >= 0.6 is 11.6 Å². The molecule has 0 spiro atoms. The maximum Gasteiger partial charge on any atom is 0.311 e. The van der Waals surface area contributed by atoms with E-state index in [1.165, 1.54) is 0 Å². The van der Waals surface area contributed by atoms with Gasteiger partial charge in [-0.25, -0.2) is 0 Å². The summed E-state index contributed by atoms with van der Waals surface area (Å²) >= 11 is 5.59. The highest BCUT2D eigenvalue weighted by atomic mass is 35.5. The molecule has 1 unspecified atom stereocenters. The summed E-state index contributed by atoms with van der Waals surface area (Å²) in [6, 6.07) is 0. The summed E-state index contributed by atoms with van der Waals surface area (Å²) in [5, 5.41) is 8.67. The summed E-state index contributed by atoms with van der Waals surface area (Å²) < 4.78 is 0.664. The van der Waals surface area contributed by atoms with Crippen LogP contribution in [0.25, 0.3) is 0 Å². The SMILES string of the molecule is CC(C[N+](C)(C)CCCl)C(=O)O.[Cl-]. The number of carboxylic acids is 1. The van der Waals surface area contributed by atoms with Gasteiger partial charge in [0.1, 0.15) is 5.92 Å². The average Bonchev–Trinajstić information content (AvgIpc) is 1.85. The summed E-state index contributed by atoms with van der Waals surface area (Å²) in [6.07, 6.45) is 0. The first-order chi connectivity index (χ1) is 5.39. The quantitative estimate of drug-likeness (QED) is 0.439. The molecule has 0 aromatic heterocycles. The van der Waals surface area contributed by atoms with Gasteiger partial charge >= 0.3 is 5.97 Å². The largest absolute Gasteiger partial charge is 1.00 e. The molecule has 13 heavy (non-hydrogen) atoms. The predicted molar refractivity (Wildman–Crippen MR) is 49.4 cm³/mol. The van der Waals surface area contributed by atoms with Crippen molar-refractivity contribution in [2.45, 2.75) is 6.92 Å². The molecule has 0 aromatic carbocycles. The Hall–Kier alpha value is 0.01000. The van der Waals surface area contributed by atoms with Crippen LogP contribution in [0.1, 0.15) is 6.92 Å². The van der Waals surface area contributed by atoms with Crippen LogP contribution in [0.5, 0.6) is 0 Å². The molecule has 0 bridgehead atoms. The number of rotatable bonds is 5. The molecular formula is C8H17Cl2NO2. The third-order valence-electron chi connectivity index (χ3n) is 1.88. The van der Waals surface area contributed by atoms with E-state index in [0.717, 1.165) is 6.54 Å². The number of quaternary nitrogens is 1. The fourth-order valence-electron chi connectivity index (χ4n) is 1.14. The normalized spacial score (nSPS) is 13.2. The smallest absolute Gasteiger partial charge is 0.311 e. The van der Waals surface area contributed by atoms with Crippen molar-refractivity contribution in [1.82, 2.24) is 0 Å². The van der Waals surface area contributed by atoms with Crippen LogP contribution in [0, 0.1) is 5.92 Å². The number of aliphatic carboxylic acids is 1. The lowest BCUT2D eigenvalue weighted by atomic mass is 10.1. The van der Waals surface area contributed by atoms with Crippen LogP contribution in [-0.2, 0) is 4.79 Å². The lowest BCUT2D eigenvalue weighted by Gasteiger charge is -2.30. The molecule has 80 valence electrons. The second-order valence-electron chi connectivity index (χ2n) is 3.77. The topological polar surface area (TPSA) is 37.3 Å². The Morgan fingerprint density at radius 1 is 1.54 bits per heavy atom. The molecule has 0 heterocycles. The molecule has 3 nitrogen and oxygen atoms in total. The molecule has 0 fully saturated rings. The van der Waals surface area contributed by atoms with Gasteiger partial charge < -0.3 is 22.0 Å². The molecule has 0 radical (unpaired) electrons. The molecule has 0 saturated carbocycles. The van der Waals surface area contributed by atoms with E-state index in [9.17, 15) is 4.79 Å². The number of nitrogens with zero attached hydrogens (tertiary/aromatic N) is 1. The minimum Gasteiger partial charge on any atom is -1.00 e. The summed E-state index contributed by atoms with van der Waals surface area (Å²) in [5.74, 6) is -0.474. The molecule has 0 aliphatic rings. The van der Waals surface area contributed by atoms with Gasteiger partial charge in [-0.2, -0.15) is 0 Å². The fraction of sp³-hybridized carbons (Fsp3) is 0.875. The van der Waals surface area contributed by atoms with Crippen molar-refractivity contribution in [2.75, 3.05) is 33.1 Å². The van der Waals surface area contributed by atoms with Crippen molar-refractivity contribution in [3.05, 3.63) is 0 Å². The number of carbonyl (C=O) groups is 1. The number of alkyl halides is 1. The molecule has 0 aromatic rings. The number of halogens is 2. The lowest BCUT2D eigenvalue weighted by Crippen LogP contribution is -3.00. The second kappa shape index (κ2) is 6.46. The Morgan fingerprint density at radius 2 is 2.00 bits per heavy atom. The molecule has 1 N–H and O–H groups in total. The van der Waals surface area contributed by atoms with Crippen LogP contribution in [-0.4, -0.2) is 48.6 Å². The fourth-order valence-corrected chi connectivity index (χ4v) is 1.60. The van der Waals surface area contributed by atoms with Gasteiger partial charge in [0, 0.05) is 0 Å². The summed E-state index contributed by atoms with van der Waals surface area (Å²) in [7, 11) is 3.98. The minimum atomic E-state index is -0.740. The highest BCUT2D eigenvalue weighted by Crippen LogP contribution is 2.05. The van der Waals surface area contributed by atoms with Crippen LogP contribution in [0.3, 0.4) is 0 Å². The monoisotopic (exact) mass is 229 g/mol. The van der Waals surface area contributed by atoms with E-state index in [2.05, 4.69) is 0 Å². The molecular weight excluding hydrogens is 213 g/mol. The third-order valence-corrected chi connectivity index (χ3v) is 2.05. The van der Waals surface area contributed by atoms with Crippen molar-refractivity contribution < 1.29 is 26.8 Å². The van der Waals surface area contributed by atoms with Crippen molar-refractivity contribution >= 4 is 17.6 Å².